The lowest BCUT2D eigenvalue weighted by Gasteiger charge is -2.27. The van der Waals surface area contributed by atoms with Gasteiger partial charge in [0, 0.05) is 43.5 Å². The van der Waals surface area contributed by atoms with Crippen LogP contribution in [0.2, 0.25) is 0 Å². The molecule has 1 aliphatic rings. The standard InChI is InChI=1S/C12H11N5O2/c18-11-5-8-7-17(4-1-9(8)15-16-11)12(19)10-6-13-2-3-14-10/h2-3,5-6H,1,4,7H2,(H,16,18). The van der Waals surface area contributed by atoms with Crippen molar-refractivity contribution in [3.8, 4) is 0 Å². The number of aromatic nitrogens is 4. The Kier molecular flexibility index (Phi) is 2.79. The van der Waals surface area contributed by atoms with Gasteiger partial charge in [0.2, 0.25) is 0 Å². The summed E-state index contributed by atoms with van der Waals surface area (Å²) in [6.45, 7) is 0.934. The number of carbonyl (C=O) groups excluding carboxylic acids is 1. The van der Waals surface area contributed by atoms with Crippen LogP contribution in [-0.2, 0) is 13.0 Å². The molecule has 2 aromatic heterocycles. The van der Waals surface area contributed by atoms with E-state index in [4.69, 9.17) is 0 Å². The van der Waals surface area contributed by atoms with Crippen molar-refractivity contribution in [1.82, 2.24) is 25.1 Å². The maximum Gasteiger partial charge on any atom is 0.274 e. The summed E-state index contributed by atoms with van der Waals surface area (Å²) in [5, 5.41) is 6.39. The first-order chi connectivity index (χ1) is 9.24. The van der Waals surface area contributed by atoms with Crippen LogP contribution in [0.1, 0.15) is 21.7 Å². The van der Waals surface area contributed by atoms with E-state index in [1.54, 1.807) is 4.90 Å². The monoisotopic (exact) mass is 257 g/mol. The lowest BCUT2D eigenvalue weighted by Crippen LogP contribution is -2.37. The second kappa shape index (κ2) is 4.60. The minimum absolute atomic E-state index is 0.181. The molecule has 0 aromatic carbocycles. The molecular weight excluding hydrogens is 246 g/mol. The normalized spacial score (nSPS) is 14.0. The SMILES string of the molecule is O=C(c1cnccn1)N1CCc2n[nH]c(=O)cc2C1. The summed E-state index contributed by atoms with van der Waals surface area (Å²) in [5.74, 6) is -0.181. The number of amides is 1. The number of rotatable bonds is 1. The van der Waals surface area contributed by atoms with E-state index in [9.17, 15) is 9.59 Å². The molecule has 1 amide bonds. The van der Waals surface area contributed by atoms with Crippen molar-refractivity contribution < 1.29 is 4.79 Å². The van der Waals surface area contributed by atoms with Gasteiger partial charge < -0.3 is 4.90 Å². The number of hydrogen-bond donors (Lipinski definition) is 1. The van der Waals surface area contributed by atoms with E-state index in [0.29, 0.717) is 25.2 Å². The molecule has 0 aliphatic carbocycles. The summed E-state index contributed by atoms with van der Waals surface area (Å²) >= 11 is 0. The Hall–Kier alpha value is -2.57. The van der Waals surface area contributed by atoms with E-state index in [2.05, 4.69) is 20.2 Å². The molecule has 1 N–H and O–H groups in total. The van der Waals surface area contributed by atoms with Gasteiger partial charge >= 0.3 is 0 Å². The third-order valence-electron chi connectivity index (χ3n) is 3.03. The zero-order valence-corrected chi connectivity index (χ0v) is 10.0. The van der Waals surface area contributed by atoms with Crippen LogP contribution in [0.15, 0.2) is 29.5 Å². The Morgan fingerprint density at radius 2 is 2.26 bits per heavy atom. The summed E-state index contributed by atoms with van der Waals surface area (Å²) < 4.78 is 0. The number of carbonyl (C=O) groups is 1. The summed E-state index contributed by atoms with van der Waals surface area (Å²) in [4.78, 5) is 33.0. The van der Waals surface area contributed by atoms with Crippen LogP contribution < -0.4 is 5.56 Å². The molecule has 1 aliphatic heterocycles. The molecule has 0 bridgehead atoms. The summed E-state index contributed by atoms with van der Waals surface area (Å²) in [6, 6.07) is 1.48. The topological polar surface area (TPSA) is 91.8 Å². The molecular formula is C12H11N5O2. The average molecular weight is 257 g/mol. The highest BCUT2D eigenvalue weighted by Crippen LogP contribution is 2.16. The lowest BCUT2D eigenvalue weighted by atomic mass is 10.1. The third-order valence-corrected chi connectivity index (χ3v) is 3.03. The van der Waals surface area contributed by atoms with Crippen molar-refractivity contribution in [3.05, 3.63) is 52.0 Å². The Balaban J connectivity index is 1.86. The van der Waals surface area contributed by atoms with Crippen molar-refractivity contribution in [2.24, 2.45) is 0 Å². The van der Waals surface area contributed by atoms with Gasteiger partial charge in [-0.2, -0.15) is 5.10 Å². The molecule has 0 spiro atoms. The van der Waals surface area contributed by atoms with E-state index in [1.807, 2.05) is 0 Å². The fourth-order valence-corrected chi connectivity index (χ4v) is 2.09. The highest BCUT2D eigenvalue weighted by molar-refractivity contribution is 5.92. The number of hydrogen-bond acceptors (Lipinski definition) is 5. The Labute approximate surface area is 108 Å². The van der Waals surface area contributed by atoms with Crippen molar-refractivity contribution in [2.45, 2.75) is 13.0 Å². The van der Waals surface area contributed by atoms with Crippen LogP contribution in [-0.4, -0.2) is 37.5 Å². The van der Waals surface area contributed by atoms with Gasteiger partial charge in [-0.15, -0.1) is 0 Å². The van der Waals surface area contributed by atoms with Gasteiger partial charge in [0.05, 0.1) is 11.9 Å². The lowest BCUT2D eigenvalue weighted by molar-refractivity contribution is 0.0726. The predicted octanol–water partition coefficient (Wildman–Crippen LogP) is -0.242. The molecule has 0 unspecified atom stereocenters. The molecule has 3 rings (SSSR count). The Morgan fingerprint density at radius 1 is 1.37 bits per heavy atom. The maximum absolute atomic E-state index is 12.2. The zero-order chi connectivity index (χ0) is 13.2. The minimum Gasteiger partial charge on any atom is -0.332 e. The number of nitrogens with one attached hydrogen (secondary N) is 1. The van der Waals surface area contributed by atoms with Gasteiger partial charge in [0.15, 0.2) is 0 Å². The van der Waals surface area contributed by atoms with Gasteiger partial charge in [-0.05, 0) is 0 Å². The first-order valence-corrected chi connectivity index (χ1v) is 5.87. The second-order valence-electron chi connectivity index (χ2n) is 4.27. The van der Waals surface area contributed by atoms with Gasteiger partial charge in [0.1, 0.15) is 5.69 Å². The summed E-state index contributed by atoms with van der Waals surface area (Å²) in [7, 11) is 0. The van der Waals surface area contributed by atoms with E-state index in [-0.39, 0.29) is 11.5 Å². The maximum atomic E-state index is 12.2. The molecule has 0 saturated heterocycles. The van der Waals surface area contributed by atoms with Crippen LogP contribution in [0.5, 0.6) is 0 Å². The molecule has 0 radical (unpaired) electrons. The van der Waals surface area contributed by atoms with Gasteiger partial charge in [-0.25, -0.2) is 10.1 Å². The van der Waals surface area contributed by atoms with Crippen molar-refractivity contribution in [2.75, 3.05) is 6.54 Å². The molecule has 7 nitrogen and oxygen atoms in total. The van der Waals surface area contributed by atoms with Gasteiger partial charge in [-0.1, -0.05) is 0 Å². The third kappa shape index (κ3) is 2.22. The van der Waals surface area contributed by atoms with Crippen molar-refractivity contribution >= 4 is 5.91 Å². The first-order valence-electron chi connectivity index (χ1n) is 5.87. The van der Waals surface area contributed by atoms with E-state index in [1.165, 1.54) is 24.7 Å². The van der Waals surface area contributed by atoms with E-state index < -0.39 is 0 Å². The number of fused-ring (bicyclic) bond motifs is 1. The van der Waals surface area contributed by atoms with E-state index in [0.717, 1.165) is 11.3 Å². The second-order valence-corrected chi connectivity index (χ2v) is 4.27. The molecule has 19 heavy (non-hydrogen) atoms. The average Bonchev–Trinajstić information content (AvgIpc) is 2.46. The number of H-pyrrole nitrogens is 1. The molecule has 0 saturated carbocycles. The number of aromatic amines is 1. The molecule has 96 valence electrons. The highest BCUT2D eigenvalue weighted by atomic mass is 16.2. The summed E-state index contributed by atoms with van der Waals surface area (Å²) in [5.41, 5.74) is 1.67. The largest absolute Gasteiger partial charge is 0.332 e. The Morgan fingerprint density at radius 3 is 3.05 bits per heavy atom. The summed E-state index contributed by atoms with van der Waals surface area (Å²) in [6.07, 6.45) is 5.06. The predicted molar refractivity (Wildman–Crippen MR) is 65.3 cm³/mol. The molecule has 0 atom stereocenters. The minimum atomic E-state index is -0.257. The molecule has 2 aromatic rings. The van der Waals surface area contributed by atoms with Crippen molar-refractivity contribution in [1.29, 1.82) is 0 Å². The van der Waals surface area contributed by atoms with Crippen LogP contribution in [0, 0.1) is 0 Å². The van der Waals surface area contributed by atoms with Crippen molar-refractivity contribution in [3.63, 3.8) is 0 Å². The van der Waals surface area contributed by atoms with Crippen LogP contribution in [0.25, 0.3) is 0 Å². The van der Waals surface area contributed by atoms with E-state index >= 15 is 0 Å². The van der Waals surface area contributed by atoms with Gasteiger partial charge in [0.25, 0.3) is 11.5 Å². The first kappa shape index (κ1) is 11.5. The fraction of sp³-hybridized carbons (Fsp3) is 0.250. The van der Waals surface area contributed by atoms with Crippen LogP contribution >= 0.6 is 0 Å². The fourth-order valence-electron chi connectivity index (χ4n) is 2.09. The molecule has 7 heteroatoms. The Bertz CT molecular complexity index is 667. The van der Waals surface area contributed by atoms with Gasteiger partial charge in [-0.3, -0.25) is 14.6 Å². The quantitative estimate of drug-likeness (QED) is 0.761. The van der Waals surface area contributed by atoms with Crippen LogP contribution in [0.3, 0.4) is 0 Å². The highest BCUT2D eigenvalue weighted by Gasteiger charge is 2.23. The number of nitrogens with zero attached hydrogens (tertiary/aromatic N) is 4. The molecule has 3 heterocycles. The smallest absolute Gasteiger partial charge is 0.274 e. The molecule has 0 fully saturated rings. The zero-order valence-electron chi connectivity index (χ0n) is 10.0. The van der Waals surface area contributed by atoms with Crippen LogP contribution in [0.4, 0.5) is 0 Å².